The summed E-state index contributed by atoms with van der Waals surface area (Å²) in [6, 6.07) is 5.80. The van der Waals surface area contributed by atoms with E-state index in [4.69, 9.17) is 0 Å². The molecule has 0 aliphatic heterocycles. The average molecular weight is 265 g/mol. The molecule has 0 radical (unpaired) electrons. The summed E-state index contributed by atoms with van der Waals surface area (Å²) in [4.78, 5) is 6.89. The summed E-state index contributed by atoms with van der Waals surface area (Å²) < 4.78 is 14.4. The van der Waals surface area contributed by atoms with Crippen LogP contribution in [0.2, 0.25) is 0 Å². The third kappa shape index (κ3) is 1.25. The van der Waals surface area contributed by atoms with Gasteiger partial charge in [-0.3, -0.25) is 4.98 Å². The van der Waals surface area contributed by atoms with Crippen LogP contribution < -0.4 is 0 Å². The number of halogens is 2. The lowest BCUT2D eigenvalue weighted by Gasteiger charge is -1.91. The minimum absolute atomic E-state index is 0.320. The van der Waals surface area contributed by atoms with Crippen molar-refractivity contribution in [1.29, 1.82) is 0 Å². The Balaban J connectivity index is 2.57. The molecule has 74 valence electrons. The average Bonchev–Trinajstić information content (AvgIpc) is 2.57. The highest BCUT2D eigenvalue weighted by Crippen LogP contribution is 2.28. The summed E-state index contributed by atoms with van der Waals surface area (Å²) in [6.45, 7) is 0. The number of benzene rings is 1. The number of nitrogens with zero attached hydrogens (tertiary/aromatic N) is 1. The van der Waals surface area contributed by atoms with Gasteiger partial charge in [0.1, 0.15) is 0 Å². The van der Waals surface area contributed by atoms with Crippen molar-refractivity contribution < 1.29 is 4.39 Å². The van der Waals surface area contributed by atoms with Crippen LogP contribution in [0.15, 0.2) is 35.1 Å². The Bertz CT molecular complexity index is 660. The van der Waals surface area contributed by atoms with Gasteiger partial charge in [0.25, 0.3) is 0 Å². The Hall–Kier alpha value is -1.42. The van der Waals surface area contributed by atoms with Crippen LogP contribution in [0.3, 0.4) is 0 Å². The maximum absolute atomic E-state index is 13.4. The zero-order valence-electron chi connectivity index (χ0n) is 7.59. The van der Waals surface area contributed by atoms with E-state index in [0.717, 1.165) is 20.8 Å². The maximum Gasteiger partial charge on any atom is 0.165 e. The van der Waals surface area contributed by atoms with E-state index in [0.29, 0.717) is 5.52 Å². The predicted molar refractivity (Wildman–Crippen MR) is 61.3 cm³/mol. The molecule has 0 saturated heterocycles. The van der Waals surface area contributed by atoms with Crippen molar-refractivity contribution in [2.24, 2.45) is 0 Å². The number of aromatic nitrogens is 2. The smallest absolute Gasteiger partial charge is 0.165 e. The fraction of sp³-hybridized carbons (Fsp3) is 0. The van der Waals surface area contributed by atoms with Gasteiger partial charge in [0, 0.05) is 27.0 Å². The second-order valence-corrected chi connectivity index (χ2v) is 4.27. The molecule has 1 N–H and O–H groups in total. The molecule has 4 heteroatoms. The van der Waals surface area contributed by atoms with E-state index in [1.54, 1.807) is 6.20 Å². The van der Waals surface area contributed by atoms with Crippen molar-refractivity contribution in [2.45, 2.75) is 0 Å². The van der Waals surface area contributed by atoms with Gasteiger partial charge in [-0.15, -0.1) is 0 Å². The normalized spacial score (nSPS) is 11.3. The number of fused-ring (bicyclic) bond motifs is 3. The lowest BCUT2D eigenvalue weighted by molar-refractivity contribution is 0.631. The minimum Gasteiger partial charge on any atom is -0.352 e. The van der Waals surface area contributed by atoms with Crippen LogP contribution in [-0.4, -0.2) is 9.97 Å². The molecule has 0 saturated carbocycles. The number of rotatable bonds is 0. The third-order valence-corrected chi connectivity index (χ3v) is 2.92. The first-order chi connectivity index (χ1) is 7.25. The van der Waals surface area contributed by atoms with Gasteiger partial charge in [-0.25, -0.2) is 4.39 Å². The molecule has 0 aliphatic rings. The molecule has 2 aromatic heterocycles. The maximum atomic E-state index is 13.4. The Labute approximate surface area is 93.3 Å². The highest BCUT2D eigenvalue weighted by atomic mass is 79.9. The van der Waals surface area contributed by atoms with Crippen molar-refractivity contribution in [3.63, 3.8) is 0 Å². The van der Waals surface area contributed by atoms with Crippen LogP contribution in [-0.2, 0) is 0 Å². The summed E-state index contributed by atoms with van der Waals surface area (Å²) >= 11 is 3.38. The second-order valence-electron chi connectivity index (χ2n) is 3.36. The van der Waals surface area contributed by atoms with Gasteiger partial charge in [0.2, 0.25) is 0 Å². The van der Waals surface area contributed by atoms with Crippen LogP contribution in [0, 0.1) is 5.82 Å². The topological polar surface area (TPSA) is 28.7 Å². The van der Waals surface area contributed by atoms with E-state index in [2.05, 4.69) is 25.9 Å². The minimum atomic E-state index is -0.320. The molecule has 3 rings (SSSR count). The van der Waals surface area contributed by atoms with Crippen molar-refractivity contribution in [1.82, 2.24) is 9.97 Å². The molecule has 2 heterocycles. The fourth-order valence-corrected chi connectivity index (χ4v) is 2.12. The van der Waals surface area contributed by atoms with Crippen LogP contribution in [0.4, 0.5) is 4.39 Å². The molecule has 0 unspecified atom stereocenters. The Morgan fingerprint density at radius 2 is 2.07 bits per heavy atom. The SMILES string of the molecule is Fc1cncc2c1[nH]c1cc(Br)ccc12. The van der Waals surface area contributed by atoms with Gasteiger partial charge in [-0.2, -0.15) is 0 Å². The van der Waals surface area contributed by atoms with Crippen molar-refractivity contribution in [2.75, 3.05) is 0 Å². The van der Waals surface area contributed by atoms with E-state index >= 15 is 0 Å². The quantitative estimate of drug-likeness (QED) is 0.660. The van der Waals surface area contributed by atoms with E-state index < -0.39 is 0 Å². The zero-order chi connectivity index (χ0) is 10.4. The zero-order valence-corrected chi connectivity index (χ0v) is 9.18. The Morgan fingerprint density at radius 1 is 1.20 bits per heavy atom. The van der Waals surface area contributed by atoms with Gasteiger partial charge >= 0.3 is 0 Å². The molecule has 3 aromatic rings. The molecule has 0 atom stereocenters. The Kier molecular flexibility index (Phi) is 1.79. The van der Waals surface area contributed by atoms with Crippen molar-refractivity contribution in [3.8, 4) is 0 Å². The summed E-state index contributed by atoms with van der Waals surface area (Å²) in [5.74, 6) is -0.320. The highest BCUT2D eigenvalue weighted by molar-refractivity contribution is 9.10. The van der Waals surface area contributed by atoms with E-state index in [1.165, 1.54) is 6.20 Å². The molecule has 1 aromatic carbocycles. The summed E-state index contributed by atoms with van der Waals surface area (Å²) in [5.41, 5.74) is 1.42. The standard InChI is InChI=1S/C11H6BrFN2/c12-6-1-2-7-8-4-14-5-9(13)11(8)15-10(7)3-6/h1-5,15H. The van der Waals surface area contributed by atoms with Crippen LogP contribution in [0.25, 0.3) is 21.8 Å². The number of nitrogens with one attached hydrogen (secondary N) is 1. The molecule has 2 nitrogen and oxygen atoms in total. The van der Waals surface area contributed by atoms with Gasteiger partial charge in [0.15, 0.2) is 5.82 Å². The Morgan fingerprint density at radius 3 is 2.93 bits per heavy atom. The van der Waals surface area contributed by atoms with Gasteiger partial charge in [-0.1, -0.05) is 22.0 Å². The van der Waals surface area contributed by atoms with E-state index in [1.807, 2.05) is 18.2 Å². The largest absolute Gasteiger partial charge is 0.352 e. The van der Waals surface area contributed by atoms with E-state index in [9.17, 15) is 4.39 Å². The van der Waals surface area contributed by atoms with Crippen molar-refractivity contribution in [3.05, 3.63) is 40.9 Å². The number of hydrogen-bond acceptors (Lipinski definition) is 1. The molecule has 0 bridgehead atoms. The summed E-state index contributed by atoms with van der Waals surface area (Å²) in [6.07, 6.45) is 2.89. The monoisotopic (exact) mass is 264 g/mol. The van der Waals surface area contributed by atoms with Crippen LogP contribution >= 0.6 is 15.9 Å². The van der Waals surface area contributed by atoms with E-state index in [-0.39, 0.29) is 5.82 Å². The summed E-state index contributed by atoms with van der Waals surface area (Å²) in [7, 11) is 0. The van der Waals surface area contributed by atoms with Crippen LogP contribution in [0.1, 0.15) is 0 Å². The fourth-order valence-electron chi connectivity index (χ4n) is 1.76. The molecule has 0 spiro atoms. The molecule has 0 amide bonds. The van der Waals surface area contributed by atoms with Gasteiger partial charge in [-0.05, 0) is 12.1 Å². The molecule has 15 heavy (non-hydrogen) atoms. The molecular weight excluding hydrogens is 259 g/mol. The number of aromatic amines is 1. The lowest BCUT2D eigenvalue weighted by Crippen LogP contribution is -1.78. The molecular formula is C11H6BrFN2. The van der Waals surface area contributed by atoms with Crippen LogP contribution in [0.5, 0.6) is 0 Å². The number of pyridine rings is 1. The first-order valence-corrected chi connectivity index (χ1v) is 5.25. The van der Waals surface area contributed by atoms with Gasteiger partial charge < -0.3 is 4.98 Å². The summed E-state index contributed by atoms with van der Waals surface area (Å²) in [5, 5.41) is 1.80. The predicted octanol–water partition coefficient (Wildman–Crippen LogP) is 3.62. The molecule has 0 aliphatic carbocycles. The number of hydrogen-bond donors (Lipinski definition) is 1. The van der Waals surface area contributed by atoms with Crippen molar-refractivity contribution >= 4 is 37.7 Å². The first-order valence-electron chi connectivity index (χ1n) is 4.46. The highest BCUT2D eigenvalue weighted by Gasteiger charge is 2.07. The lowest BCUT2D eigenvalue weighted by atomic mass is 10.2. The molecule has 0 fully saturated rings. The number of H-pyrrole nitrogens is 1. The first kappa shape index (κ1) is 8.85. The van der Waals surface area contributed by atoms with Gasteiger partial charge in [0.05, 0.1) is 11.7 Å². The second kappa shape index (κ2) is 3.03. The third-order valence-electron chi connectivity index (χ3n) is 2.43.